The molecule has 0 fully saturated rings. The van der Waals surface area contributed by atoms with Crippen molar-refractivity contribution < 1.29 is 13.7 Å². The molecule has 0 saturated heterocycles. The maximum Gasteiger partial charge on any atom is 0.191 e. The maximum atomic E-state index is 13.7. The number of benzene rings is 1. The molecule has 1 heterocycles. The van der Waals surface area contributed by atoms with Crippen LogP contribution in [0.25, 0.3) is 0 Å². The molecule has 27 heavy (non-hydrogen) atoms. The van der Waals surface area contributed by atoms with Gasteiger partial charge in [-0.15, -0.1) is 24.0 Å². The standard InChI is InChI=1S/C19H27FN4O2.HI/c1-5-14(6-2)17-10-15(26-24-17)12-23-19(21-3)22-11-13-7-8-18(25-4)16(20)9-13;/h7-10,14H,5-6,11-12H2,1-4H3,(H2,21,22,23);1H. The van der Waals surface area contributed by atoms with Gasteiger partial charge in [0.2, 0.25) is 0 Å². The summed E-state index contributed by atoms with van der Waals surface area (Å²) in [5.74, 6) is 1.63. The number of nitrogens with zero attached hydrogens (tertiary/aromatic N) is 2. The second kappa shape index (κ2) is 11.8. The third-order valence-electron chi connectivity index (χ3n) is 4.31. The van der Waals surface area contributed by atoms with E-state index in [1.165, 1.54) is 13.2 Å². The van der Waals surface area contributed by atoms with Crippen LogP contribution in [0.3, 0.4) is 0 Å². The van der Waals surface area contributed by atoms with E-state index in [9.17, 15) is 4.39 Å². The summed E-state index contributed by atoms with van der Waals surface area (Å²) in [5, 5.41) is 10.5. The van der Waals surface area contributed by atoms with Crippen molar-refractivity contribution in [3.05, 3.63) is 47.1 Å². The number of guanidine groups is 1. The van der Waals surface area contributed by atoms with E-state index in [0.29, 0.717) is 25.0 Å². The van der Waals surface area contributed by atoms with Crippen LogP contribution < -0.4 is 15.4 Å². The molecule has 0 saturated carbocycles. The lowest BCUT2D eigenvalue weighted by atomic mass is 9.99. The molecule has 2 N–H and O–H groups in total. The highest BCUT2D eigenvalue weighted by atomic mass is 127. The van der Waals surface area contributed by atoms with E-state index in [2.05, 4.69) is 34.6 Å². The van der Waals surface area contributed by atoms with Crippen LogP contribution in [0, 0.1) is 5.82 Å². The minimum absolute atomic E-state index is 0. The molecule has 2 rings (SSSR count). The summed E-state index contributed by atoms with van der Waals surface area (Å²) < 4.78 is 24.0. The van der Waals surface area contributed by atoms with Crippen LogP contribution in [0.2, 0.25) is 0 Å². The van der Waals surface area contributed by atoms with Crippen LogP contribution in [0.15, 0.2) is 33.8 Å². The monoisotopic (exact) mass is 490 g/mol. The highest BCUT2D eigenvalue weighted by Gasteiger charge is 2.13. The number of hydrogen-bond acceptors (Lipinski definition) is 4. The molecular weight excluding hydrogens is 462 g/mol. The van der Waals surface area contributed by atoms with Crippen LogP contribution in [0.1, 0.15) is 49.6 Å². The number of aliphatic imine (C=N–C) groups is 1. The molecule has 1 aromatic heterocycles. The Labute approximate surface area is 177 Å². The second-order valence-electron chi connectivity index (χ2n) is 5.98. The third-order valence-corrected chi connectivity index (χ3v) is 4.31. The number of halogens is 2. The summed E-state index contributed by atoms with van der Waals surface area (Å²) in [6.07, 6.45) is 2.08. The van der Waals surface area contributed by atoms with Gasteiger partial charge in [0.05, 0.1) is 19.3 Å². The van der Waals surface area contributed by atoms with Crippen LogP contribution in [0.4, 0.5) is 4.39 Å². The highest BCUT2D eigenvalue weighted by molar-refractivity contribution is 14.0. The lowest BCUT2D eigenvalue weighted by molar-refractivity contribution is 0.368. The van der Waals surface area contributed by atoms with Crippen molar-refractivity contribution in [2.75, 3.05) is 14.2 Å². The highest BCUT2D eigenvalue weighted by Crippen LogP contribution is 2.22. The van der Waals surface area contributed by atoms with E-state index in [-0.39, 0.29) is 35.5 Å². The van der Waals surface area contributed by atoms with Crippen LogP contribution >= 0.6 is 24.0 Å². The molecule has 1 aromatic carbocycles. The summed E-state index contributed by atoms with van der Waals surface area (Å²) in [6, 6.07) is 6.84. The van der Waals surface area contributed by atoms with Gasteiger partial charge in [-0.2, -0.15) is 0 Å². The fourth-order valence-electron chi connectivity index (χ4n) is 2.71. The van der Waals surface area contributed by atoms with Gasteiger partial charge in [-0.05, 0) is 30.5 Å². The van der Waals surface area contributed by atoms with Crippen molar-refractivity contribution in [1.29, 1.82) is 0 Å². The molecule has 0 spiro atoms. The second-order valence-corrected chi connectivity index (χ2v) is 5.98. The van der Waals surface area contributed by atoms with Crippen molar-refractivity contribution in [3.63, 3.8) is 0 Å². The Balaban J connectivity index is 0.00000364. The Kier molecular flexibility index (Phi) is 10.1. The molecule has 0 aliphatic heterocycles. The van der Waals surface area contributed by atoms with Gasteiger partial charge in [0, 0.05) is 25.6 Å². The maximum absolute atomic E-state index is 13.7. The van der Waals surface area contributed by atoms with E-state index in [0.717, 1.165) is 29.9 Å². The third kappa shape index (κ3) is 6.67. The van der Waals surface area contributed by atoms with Gasteiger partial charge < -0.3 is 19.9 Å². The topological polar surface area (TPSA) is 71.7 Å². The molecule has 0 aliphatic rings. The van der Waals surface area contributed by atoms with Gasteiger partial charge in [-0.1, -0.05) is 25.1 Å². The van der Waals surface area contributed by atoms with E-state index < -0.39 is 0 Å². The smallest absolute Gasteiger partial charge is 0.191 e. The van der Waals surface area contributed by atoms with Crippen LogP contribution in [0.5, 0.6) is 5.75 Å². The molecule has 0 atom stereocenters. The Bertz CT molecular complexity index is 732. The van der Waals surface area contributed by atoms with Crippen molar-refractivity contribution >= 4 is 29.9 Å². The number of ether oxygens (including phenoxy) is 1. The minimum Gasteiger partial charge on any atom is -0.494 e. The first-order valence-electron chi connectivity index (χ1n) is 8.83. The zero-order chi connectivity index (χ0) is 18.9. The largest absolute Gasteiger partial charge is 0.494 e. The summed E-state index contributed by atoms with van der Waals surface area (Å²) in [6.45, 7) is 5.21. The molecule has 6 nitrogen and oxygen atoms in total. The summed E-state index contributed by atoms with van der Waals surface area (Å²) in [5.41, 5.74) is 1.78. The number of rotatable bonds is 8. The fraction of sp³-hybridized carbons (Fsp3) is 0.474. The van der Waals surface area contributed by atoms with Gasteiger partial charge in [0.15, 0.2) is 23.3 Å². The number of methoxy groups -OCH3 is 1. The zero-order valence-corrected chi connectivity index (χ0v) is 18.5. The molecule has 8 heteroatoms. The van der Waals surface area contributed by atoms with Gasteiger partial charge in [-0.25, -0.2) is 4.39 Å². The van der Waals surface area contributed by atoms with Crippen molar-refractivity contribution in [2.45, 2.75) is 45.7 Å². The van der Waals surface area contributed by atoms with Crippen LogP contribution in [-0.4, -0.2) is 25.3 Å². The van der Waals surface area contributed by atoms with Gasteiger partial charge in [-0.3, -0.25) is 4.99 Å². The van der Waals surface area contributed by atoms with Gasteiger partial charge >= 0.3 is 0 Å². The SMILES string of the molecule is CCC(CC)c1cc(CNC(=NC)NCc2ccc(OC)c(F)c2)on1.I. The quantitative estimate of drug-likeness (QED) is 0.330. The Morgan fingerprint density at radius 3 is 2.52 bits per heavy atom. The lowest BCUT2D eigenvalue weighted by Crippen LogP contribution is -2.36. The van der Waals surface area contributed by atoms with Crippen molar-refractivity contribution in [1.82, 2.24) is 15.8 Å². The molecule has 0 amide bonds. The first-order chi connectivity index (χ1) is 12.6. The number of hydrogen-bond donors (Lipinski definition) is 2. The Morgan fingerprint density at radius 1 is 1.22 bits per heavy atom. The van der Waals surface area contributed by atoms with Gasteiger partial charge in [0.25, 0.3) is 0 Å². The summed E-state index contributed by atoms with van der Waals surface area (Å²) in [4.78, 5) is 4.16. The number of nitrogens with one attached hydrogen (secondary N) is 2. The first-order valence-corrected chi connectivity index (χ1v) is 8.83. The lowest BCUT2D eigenvalue weighted by Gasteiger charge is -2.11. The average molecular weight is 490 g/mol. The normalized spacial score (nSPS) is 11.3. The molecule has 0 bridgehead atoms. The van der Waals surface area contributed by atoms with Crippen molar-refractivity contribution in [3.8, 4) is 5.75 Å². The van der Waals surface area contributed by atoms with Crippen LogP contribution in [-0.2, 0) is 13.1 Å². The molecule has 150 valence electrons. The molecule has 0 unspecified atom stereocenters. The van der Waals surface area contributed by atoms with E-state index >= 15 is 0 Å². The molecule has 0 aliphatic carbocycles. The zero-order valence-electron chi connectivity index (χ0n) is 16.2. The fourth-order valence-corrected chi connectivity index (χ4v) is 2.71. The number of aromatic nitrogens is 1. The Morgan fingerprint density at radius 2 is 1.93 bits per heavy atom. The van der Waals surface area contributed by atoms with E-state index in [1.54, 1.807) is 19.2 Å². The molecule has 0 radical (unpaired) electrons. The minimum atomic E-state index is -0.384. The van der Waals surface area contributed by atoms with E-state index in [1.807, 2.05) is 6.07 Å². The molecule has 2 aromatic rings. The van der Waals surface area contributed by atoms with Crippen molar-refractivity contribution in [2.24, 2.45) is 4.99 Å². The first kappa shape index (κ1) is 23.2. The predicted molar refractivity (Wildman–Crippen MR) is 115 cm³/mol. The van der Waals surface area contributed by atoms with Gasteiger partial charge in [0.1, 0.15) is 0 Å². The predicted octanol–water partition coefficient (Wildman–Crippen LogP) is 4.21. The van der Waals surface area contributed by atoms with E-state index in [4.69, 9.17) is 9.26 Å². The summed E-state index contributed by atoms with van der Waals surface area (Å²) in [7, 11) is 3.13. The molecular formula is C19H28FIN4O2. The summed E-state index contributed by atoms with van der Waals surface area (Å²) >= 11 is 0. The Hall–Kier alpha value is -1.84. The average Bonchev–Trinajstić information content (AvgIpc) is 3.12.